The molecule has 9 heteroatoms. The summed E-state index contributed by atoms with van der Waals surface area (Å²) in [6, 6.07) is 10.4. The molecule has 1 fully saturated rings. The van der Waals surface area contributed by atoms with Gasteiger partial charge in [-0.15, -0.1) is 0 Å². The predicted molar refractivity (Wildman–Crippen MR) is 118 cm³/mol. The monoisotopic (exact) mass is 465 g/mol. The third-order valence-electron chi connectivity index (χ3n) is 5.19. The van der Waals surface area contributed by atoms with Crippen molar-refractivity contribution in [2.24, 2.45) is 0 Å². The van der Waals surface area contributed by atoms with Crippen LogP contribution in [0.3, 0.4) is 0 Å². The number of ether oxygens (including phenoxy) is 2. The second-order valence-electron chi connectivity index (χ2n) is 7.94. The van der Waals surface area contributed by atoms with E-state index in [1.54, 1.807) is 29.2 Å². The molecule has 2 aromatic rings. The van der Waals surface area contributed by atoms with Gasteiger partial charge in [-0.1, -0.05) is 12.1 Å². The summed E-state index contributed by atoms with van der Waals surface area (Å²) in [7, 11) is -2.42. The van der Waals surface area contributed by atoms with Gasteiger partial charge in [-0.05, 0) is 62.6 Å². The Morgan fingerprint density at radius 1 is 1.22 bits per heavy atom. The fraction of sp³-hybridized carbons (Fsp3) is 0.435. The van der Waals surface area contributed by atoms with Crippen LogP contribution >= 0.6 is 0 Å². The number of carbonyl (C=O) groups is 1. The zero-order valence-corrected chi connectivity index (χ0v) is 19.2. The number of methoxy groups -OCH3 is 1. The van der Waals surface area contributed by atoms with Crippen LogP contribution in [0, 0.1) is 5.82 Å². The van der Waals surface area contributed by atoms with E-state index >= 15 is 0 Å². The molecule has 2 aromatic carbocycles. The highest BCUT2D eigenvalue weighted by atomic mass is 32.2. The topological polar surface area (TPSA) is 82.1 Å². The first kappa shape index (κ1) is 24.0. The number of rotatable bonds is 9. The van der Waals surface area contributed by atoms with Crippen molar-refractivity contribution >= 4 is 16.0 Å². The Kier molecular flexibility index (Phi) is 7.73. The molecule has 32 heavy (non-hydrogen) atoms. The van der Waals surface area contributed by atoms with Gasteiger partial charge in [-0.2, -0.15) is 8.42 Å². The highest BCUT2D eigenvalue weighted by Gasteiger charge is 2.25. The summed E-state index contributed by atoms with van der Waals surface area (Å²) >= 11 is 0. The van der Waals surface area contributed by atoms with Gasteiger partial charge in [0.15, 0.2) is 11.5 Å². The maximum atomic E-state index is 13.7. The van der Waals surface area contributed by atoms with Crippen LogP contribution in [-0.4, -0.2) is 50.8 Å². The Morgan fingerprint density at radius 2 is 2.00 bits per heavy atom. The maximum Gasteiger partial charge on any atom is 0.311 e. The van der Waals surface area contributed by atoms with Gasteiger partial charge >= 0.3 is 10.1 Å². The number of carbonyl (C=O) groups excluding carboxylic acids is 1. The SMILES string of the molecule is COc1ccc(CN(C[C@H]2CCCO2)C(=O)c2cccc(F)c2)cc1OS(=O)(=O)C(C)C. The first-order chi connectivity index (χ1) is 15.2. The second-order valence-corrected chi connectivity index (χ2v) is 10.0. The van der Waals surface area contributed by atoms with Crippen LogP contribution in [0.1, 0.15) is 42.6 Å². The quantitative estimate of drug-likeness (QED) is 0.525. The van der Waals surface area contributed by atoms with Gasteiger partial charge in [0.1, 0.15) is 5.82 Å². The van der Waals surface area contributed by atoms with Gasteiger partial charge in [0.05, 0.1) is 18.5 Å². The van der Waals surface area contributed by atoms with Gasteiger partial charge < -0.3 is 18.6 Å². The Morgan fingerprint density at radius 3 is 2.62 bits per heavy atom. The summed E-state index contributed by atoms with van der Waals surface area (Å²) in [5.41, 5.74) is 0.873. The third-order valence-corrected chi connectivity index (χ3v) is 6.76. The smallest absolute Gasteiger partial charge is 0.311 e. The molecule has 1 saturated heterocycles. The average molecular weight is 466 g/mol. The van der Waals surface area contributed by atoms with Crippen molar-refractivity contribution in [3.8, 4) is 11.5 Å². The van der Waals surface area contributed by atoms with Crippen LogP contribution in [0.2, 0.25) is 0 Å². The molecule has 3 rings (SSSR count). The summed E-state index contributed by atoms with van der Waals surface area (Å²) in [6.07, 6.45) is 1.64. The molecular formula is C23H28FNO6S. The summed E-state index contributed by atoms with van der Waals surface area (Å²) in [5.74, 6) is -0.519. The van der Waals surface area contributed by atoms with E-state index in [0.717, 1.165) is 12.8 Å². The third kappa shape index (κ3) is 5.98. The molecule has 0 bridgehead atoms. The van der Waals surface area contributed by atoms with Gasteiger partial charge in [0.25, 0.3) is 5.91 Å². The van der Waals surface area contributed by atoms with Gasteiger partial charge in [0.2, 0.25) is 0 Å². The first-order valence-electron chi connectivity index (χ1n) is 10.5. The summed E-state index contributed by atoms with van der Waals surface area (Å²) in [5, 5.41) is -0.735. The maximum absolute atomic E-state index is 13.7. The van der Waals surface area contributed by atoms with E-state index in [9.17, 15) is 17.6 Å². The Balaban J connectivity index is 1.89. The lowest BCUT2D eigenvalue weighted by Crippen LogP contribution is -2.37. The fourth-order valence-corrected chi connectivity index (χ4v) is 3.96. The molecule has 0 spiro atoms. The second kappa shape index (κ2) is 10.3. The van der Waals surface area contributed by atoms with Crippen LogP contribution in [0.4, 0.5) is 4.39 Å². The van der Waals surface area contributed by atoms with E-state index in [1.165, 1.54) is 39.2 Å². The predicted octanol–water partition coefficient (Wildman–Crippen LogP) is 3.77. The molecule has 0 saturated carbocycles. The van der Waals surface area contributed by atoms with E-state index in [0.29, 0.717) is 18.7 Å². The minimum absolute atomic E-state index is 0.0500. The normalized spacial score (nSPS) is 16.2. The van der Waals surface area contributed by atoms with E-state index in [2.05, 4.69) is 0 Å². The molecule has 174 valence electrons. The largest absolute Gasteiger partial charge is 0.493 e. The minimum atomic E-state index is -3.83. The van der Waals surface area contributed by atoms with Gasteiger partial charge in [-0.25, -0.2) is 4.39 Å². The van der Waals surface area contributed by atoms with Crippen molar-refractivity contribution in [3.05, 3.63) is 59.4 Å². The van der Waals surface area contributed by atoms with E-state index in [-0.39, 0.29) is 35.6 Å². The van der Waals surface area contributed by atoms with Crippen molar-refractivity contribution in [1.82, 2.24) is 4.90 Å². The molecule has 1 heterocycles. The van der Waals surface area contributed by atoms with Crippen LogP contribution < -0.4 is 8.92 Å². The molecule has 7 nitrogen and oxygen atoms in total. The molecule has 0 aromatic heterocycles. The molecule has 0 unspecified atom stereocenters. The lowest BCUT2D eigenvalue weighted by atomic mass is 10.1. The van der Waals surface area contributed by atoms with Crippen molar-refractivity contribution < 1.29 is 31.3 Å². The van der Waals surface area contributed by atoms with E-state index < -0.39 is 21.2 Å². The average Bonchev–Trinajstić information content (AvgIpc) is 3.26. The van der Waals surface area contributed by atoms with Crippen LogP contribution in [-0.2, 0) is 21.4 Å². The van der Waals surface area contributed by atoms with Gasteiger partial charge in [0, 0.05) is 25.3 Å². The standard InChI is InChI=1S/C23H28FNO6S/c1-16(2)32(27,28)31-22-12-17(9-10-21(22)29-3)14-25(15-20-8-5-11-30-20)23(26)18-6-4-7-19(24)13-18/h4,6-7,9-10,12-13,16,20H,5,8,11,14-15H2,1-3H3/t20-/m1/s1. The van der Waals surface area contributed by atoms with E-state index in [4.69, 9.17) is 13.7 Å². The highest BCUT2D eigenvalue weighted by Crippen LogP contribution is 2.31. The molecule has 1 amide bonds. The molecule has 1 atom stereocenters. The summed E-state index contributed by atoms with van der Waals surface area (Å²) in [6.45, 7) is 4.18. The zero-order chi connectivity index (χ0) is 23.3. The molecule has 0 radical (unpaired) electrons. The number of nitrogens with zero attached hydrogens (tertiary/aromatic N) is 1. The molecule has 1 aliphatic heterocycles. The zero-order valence-electron chi connectivity index (χ0n) is 18.4. The van der Waals surface area contributed by atoms with Crippen molar-refractivity contribution in [3.63, 3.8) is 0 Å². The number of benzene rings is 2. The fourth-order valence-electron chi connectivity index (χ4n) is 3.38. The number of hydrogen-bond donors (Lipinski definition) is 0. The van der Waals surface area contributed by atoms with Crippen molar-refractivity contribution in [2.75, 3.05) is 20.3 Å². The van der Waals surface area contributed by atoms with Crippen LogP contribution in [0.15, 0.2) is 42.5 Å². The molecule has 1 aliphatic rings. The Bertz CT molecular complexity index is 1050. The number of halogens is 1. The Labute approximate surface area is 188 Å². The lowest BCUT2D eigenvalue weighted by molar-refractivity contribution is 0.0507. The van der Waals surface area contributed by atoms with E-state index in [1.807, 2.05) is 0 Å². The first-order valence-corrected chi connectivity index (χ1v) is 11.9. The van der Waals surface area contributed by atoms with Gasteiger partial charge in [-0.3, -0.25) is 4.79 Å². The molecule has 0 N–H and O–H groups in total. The summed E-state index contributed by atoms with van der Waals surface area (Å²) in [4.78, 5) is 14.7. The molecular weight excluding hydrogens is 437 g/mol. The number of amides is 1. The van der Waals surface area contributed by atoms with Crippen LogP contribution in [0.5, 0.6) is 11.5 Å². The Hall–Kier alpha value is -2.65. The summed E-state index contributed by atoms with van der Waals surface area (Å²) < 4.78 is 54.4. The highest BCUT2D eigenvalue weighted by molar-refractivity contribution is 7.87. The lowest BCUT2D eigenvalue weighted by Gasteiger charge is -2.26. The number of hydrogen-bond acceptors (Lipinski definition) is 6. The minimum Gasteiger partial charge on any atom is -0.493 e. The molecule has 0 aliphatic carbocycles. The van der Waals surface area contributed by atoms with Crippen LogP contribution in [0.25, 0.3) is 0 Å². The van der Waals surface area contributed by atoms with Crippen molar-refractivity contribution in [2.45, 2.75) is 44.6 Å². The van der Waals surface area contributed by atoms with Crippen molar-refractivity contribution in [1.29, 1.82) is 0 Å².